The predicted octanol–water partition coefficient (Wildman–Crippen LogP) is 0.839. The molecule has 1 fully saturated rings. The molecule has 4 heterocycles. The van der Waals surface area contributed by atoms with Crippen molar-refractivity contribution in [2.24, 2.45) is 12.0 Å². The lowest BCUT2D eigenvalue weighted by molar-refractivity contribution is 0.0389. The Morgan fingerprint density at radius 1 is 1.24 bits per heavy atom. The molecule has 12 heteroatoms. The van der Waals surface area contributed by atoms with E-state index in [1.54, 1.807) is 0 Å². The normalized spacial score (nSPS) is 19.3. The van der Waals surface area contributed by atoms with Crippen molar-refractivity contribution in [3.63, 3.8) is 0 Å². The molecule has 0 amide bonds. The van der Waals surface area contributed by atoms with Crippen LogP contribution in [0.5, 0.6) is 0 Å². The number of guanidine groups is 1. The molecule has 33 heavy (non-hydrogen) atoms. The van der Waals surface area contributed by atoms with Crippen LogP contribution in [0.3, 0.4) is 0 Å². The van der Waals surface area contributed by atoms with Gasteiger partial charge in [-0.3, -0.25) is 4.90 Å². The Balaban J connectivity index is 0.00000306. The summed E-state index contributed by atoms with van der Waals surface area (Å²) in [6.07, 6.45) is 1.92. The highest BCUT2D eigenvalue weighted by Gasteiger charge is 2.23. The van der Waals surface area contributed by atoms with E-state index in [1.807, 2.05) is 23.2 Å². The van der Waals surface area contributed by atoms with Crippen molar-refractivity contribution in [1.82, 2.24) is 45.1 Å². The number of aliphatic imine (C=N–C) groups is 1. The van der Waals surface area contributed by atoms with Crippen LogP contribution in [-0.4, -0.2) is 85.8 Å². The van der Waals surface area contributed by atoms with Gasteiger partial charge in [0.25, 0.3) is 0 Å². The molecule has 11 nitrogen and oxygen atoms in total. The van der Waals surface area contributed by atoms with Crippen LogP contribution in [0.4, 0.5) is 0 Å². The molecule has 1 atom stereocenters. The smallest absolute Gasteiger partial charge is 0.192 e. The Morgan fingerprint density at radius 2 is 2.03 bits per heavy atom. The first-order chi connectivity index (χ1) is 15.5. The molecule has 2 aliphatic rings. The number of halogens is 1. The van der Waals surface area contributed by atoms with Gasteiger partial charge in [0.05, 0.1) is 19.8 Å². The van der Waals surface area contributed by atoms with Gasteiger partial charge in [-0.25, -0.2) is 14.7 Å². The highest BCUT2D eigenvalue weighted by molar-refractivity contribution is 14.0. The Labute approximate surface area is 212 Å². The molecule has 2 aromatic rings. The molecule has 0 spiro atoms. The van der Waals surface area contributed by atoms with Gasteiger partial charge in [0.1, 0.15) is 18.2 Å². The van der Waals surface area contributed by atoms with Crippen molar-refractivity contribution >= 4 is 29.9 Å². The predicted molar refractivity (Wildman–Crippen MR) is 137 cm³/mol. The van der Waals surface area contributed by atoms with E-state index in [9.17, 15) is 0 Å². The molecule has 1 unspecified atom stereocenters. The van der Waals surface area contributed by atoms with Crippen molar-refractivity contribution in [1.29, 1.82) is 0 Å². The summed E-state index contributed by atoms with van der Waals surface area (Å²) in [5.41, 5.74) is 0. The minimum absolute atomic E-state index is 0. The SMILES string of the molecule is Cc1nnc(CN=C(NCCN2CCOCC2)NC2CCc3nc(C(C)C)nn3C2)n1C.I. The van der Waals surface area contributed by atoms with Crippen molar-refractivity contribution < 1.29 is 4.74 Å². The lowest BCUT2D eigenvalue weighted by atomic mass is 10.1. The minimum Gasteiger partial charge on any atom is -0.379 e. The second-order valence-electron chi connectivity index (χ2n) is 8.87. The first kappa shape index (κ1) is 25.8. The number of nitrogens with one attached hydrogen (secondary N) is 2. The Morgan fingerprint density at radius 3 is 2.73 bits per heavy atom. The highest BCUT2D eigenvalue weighted by atomic mass is 127. The van der Waals surface area contributed by atoms with Crippen LogP contribution < -0.4 is 10.6 Å². The lowest BCUT2D eigenvalue weighted by Gasteiger charge is -2.28. The number of ether oxygens (including phenoxy) is 1. The quantitative estimate of drug-likeness (QED) is 0.286. The summed E-state index contributed by atoms with van der Waals surface area (Å²) in [5.74, 6) is 4.89. The Kier molecular flexibility index (Phi) is 9.44. The molecular formula is C21H37IN10O. The molecule has 0 bridgehead atoms. The first-order valence-electron chi connectivity index (χ1n) is 11.6. The number of hydrogen-bond donors (Lipinski definition) is 2. The number of morpholine rings is 1. The fourth-order valence-corrected chi connectivity index (χ4v) is 3.93. The molecule has 0 radical (unpaired) electrons. The maximum absolute atomic E-state index is 5.45. The van der Waals surface area contributed by atoms with Gasteiger partial charge in [0, 0.05) is 51.6 Å². The van der Waals surface area contributed by atoms with Crippen LogP contribution in [0.25, 0.3) is 0 Å². The van der Waals surface area contributed by atoms with E-state index in [4.69, 9.17) is 19.8 Å². The van der Waals surface area contributed by atoms with Crippen molar-refractivity contribution in [3.8, 4) is 0 Å². The average molecular weight is 573 g/mol. The van der Waals surface area contributed by atoms with E-state index in [2.05, 4.69) is 39.6 Å². The van der Waals surface area contributed by atoms with E-state index >= 15 is 0 Å². The van der Waals surface area contributed by atoms with Gasteiger partial charge in [-0.1, -0.05) is 13.8 Å². The number of aromatic nitrogens is 6. The molecule has 2 N–H and O–H groups in total. The molecule has 1 saturated heterocycles. The summed E-state index contributed by atoms with van der Waals surface area (Å²) in [4.78, 5) is 11.9. The zero-order valence-electron chi connectivity index (χ0n) is 20.1. The van der Waals surface area contributed by atoms with E-state index < -0.39 is 0 Å². The number of nitrogens with zero attached hydrogens (tertiary/aromatic N) is 8. The molecule has 4 rings (SSSR count). The Bertz CT molecular complexity index is 918. The number of aryl methyl sites for hydroxylation is 2. The van der Waals surface area contributed by atoms with Gasteiger partial charge in [-0.05, 0) is 13.3 Å². The van der Waals surface area contributed by atoms with Gasteiger partial charge < -0.3 is 19.9 Å². The molecule has 0 aromatic carbocycles. The van der Waals surface area contributed by atoms with Gasteiger partial charge in [0.15, 0.2) is 17.6 Å². The monoisotopic (exact) mass is 572 g/mol. The first-order valence-corrected chi connectivity index (χ1v) is 11.6. The fourth-order valence-electron chi connectivity index (χ4n) is 3.93. The van der Waals surface area contributed by atoms with E-state index in [1.165, 1.54) is 0 Å². The maximum Gasteiger partial charge on any atom is 0.192 e. The van der Waals surface area contributed by atoms with Crippen LogP contribution in [-0.2, 0) is 31.3 Å². The van der Waals surface area contributed by atoms with Crippen LogP contribution in [0.15, 0.2) is 4.99 Å². The number of rotatable bonds is 7. The summed E-state index contributed by atoms with van der Waals surface area (Å²) in [6, 6.07) is 0.250. The van der Waals surface area contributed by atoms with E-state index in [0.29, 0.717) is 12.5 Å². The summed E-state index contributed by atoms with van der Waals surface area (Å²) in [6.45, 7) is 12.9. The van der Waals surface area contributed by atoms with Crippen molar-refractivity contribution in [2.75, 3.05) is 39.4 Å². The summed E-state index contributed by atoms with van der Waals surface area (Å²) >= 11 is 0. The van der Waals surface area contributed by atoms with Gasteiger partial charge >= 0.3 is 0 Å². The molecule has 184 valence electrons. The molecular weight excluding hydrogens is 535 g/mol. The number of hydrogen-bond acceptors (Lipinski definition) is 7. The second-order valence-corrected chi connectivity index (χ2v) is 8.87. The van der Waals surface area contributed by atoms with E-state index in [0.717, 1.165) is 88.0 Å². The van der Waals surface area contributed by atoms with Crippen LogP contribution in [0.2, 0.25) is 0 Å². The molecule has 2 aromatic heterocycles. The summed E-state index contributed by atoms with van der Waals surface area (Å²) in [5, 5.41) is 20.2. The highest BCUT2D eigenvalue weighted by Crippen LogP contribution is 2.17. The van der Waals surface area contributed by atoms with Gasteiger partial charge in [-0.2, -0.15) is 5.10 Å². The third-order valence-electron chi connectivity index (χ3n) is 6.12. The Hall–Kier alpha value is -1.80. The lowest BCUT2D eigenvalue weighted by Crippen LogP contribution is -2.49. The van der Waals surface area contributed by atoms with Crippen LogP contribution >= 0.6 is 24.0 Å². The zero-order chi connectivity index (χ0) is 22.5. The van der Waals surface area contributed by atoms with Crippen LogP contribution in [0.1, 0.15) is 49.5 Å². The summed E-state index contributed by atoms with van der Waals surface area (Å²) in [7, 11) is 1.97. The molecule has 2 aliphatic heterocycles. The minimum atomic E-state index is 0. The van der Waals surface area contributed by atoms with Crippen molar-refractivity contribution in [3.05, 3.63) is 23.3 Å². The van der Waals surface area contributed by atoms with Crippen molar-refractivity contribution in [2.45, 2.75) is 58.7 Å². The molecule has 0 saturated carbocycles. The zero-order valence-corrected chi connectivity index (χ0v) is 22.5. The second kappa shape index (κ2) is 12.1. The third kappa shape index (κ3) is 6.85. The molecule has 0 aliphatic carbocycles. The number of fused-ring (bicyclic) bond motifs is 1. The van der Waals surface area contributed by atoms with Crippen LogP contribution in [0, 0.1) is 6.92 Å². The average Bonchev–Trinajstić information content (AvgIpc) is 3.36. The van der Waals surface area contributed by atoms with Gasteiger partial charge in [-0.15, -0.1) is 34.2 Å². The largest absolute Gasteiger partial charge is 0.379 e. The van der Waals surface area contributed by atoms with Gasteiger partial charge in [0.2, 0.25) is 0 Å². The topological polar surface area (TPSA) is 110 Å². The standard InChI is InChI=1S/C21H36N10O.HI/c1-15(2)20-25-18-6-5-17(14-31(18)28-20)24-21(22-7-8-30-9-11-32-12-10-30)23-13-19-27-26-16(3)29(19)4;/h15,17H,5-14H2,1-4H3,(H2,22,23,24);1H. The third-order valence-corrected chi connectivity index (χ3v) is 6.12. The van der Waals surface area contributed by atoms with E-state index in [-0.39, 0.29) is 30.0 Å². The maximum atomic E-state index is 5.45. The fraction of sp³-hybridized carbons (Fsp3) is 0.762. The summed E-state index contributed by atoms with van der Waals surface area (Å²) < 4.78 is 9.47.